The molecule has 0 saturated carbocycles. The van der Waals surface area contributed by atoms with Crippen molar-refractivity contribution in [3.63, 3.8) is 0 Å². The molecule has 142 valence electrons. The van der Waals surface area contributed by atoms with Crippen LogP contribution in [0.1, 0.15) is 12.8 Å². The highest BCUT2D eigenvalue weighted by Crippen LogP contribution is 2.26. The maximum absolute atomic E-state index is 13.4. The number of nitrogens with zero attached hydrogens (tertiary/aromatic N) is 1. The molecule has 3 rings (SSSR count). The Morgan fingerprint density at radius 3 is 2.04 bits per heavy atom. The molecule has 1 heterocycles. The van der Waals surface area contributed by atoms with Crippen molar-refractivity contribution in [3.05, 3.63) is 54.1 Å². The smallest absolute Gasteiger partial charge is 0.133 e. The Morgan fingerprint density at radius 2 is 1.54 bits per heavy atom. The third kappa shape index (κ3) is 6.06. The zero-order chi connectivity index (χ0) is 18.9. The zero-order valence-electron chi connectivity index (χ0n) is 14.9. The predicted octanol–water partition coefficient (Wildman–Crippen LogP) is 3.54. The van der Waals surface area contributed by atoms with E-state index in [2.05, 4.69) is 17.5 Å². The van der Waals surface area contributed by atoms with Gasteiger partial charge in [0.05, 0.1) is 5.56 Å². The summed E-state index contributed by atoms with van der Waals surface area (Å²) in [5.74, 6) is -0.340. The lowest BCUT2D eigenvalue weighted by atomic mass is 9.97. The van der Waals surface area contributed by atoms with E-state index in [1.165, 1.54) is 44.1 Å². The Balaban J connectivity index is 0.000000197. The average molecular weight is 380 g/mol. The third-order valence-corrected chi connectivity index (χ3v) is 4.90. The largest absolute Gasteiger partial charge is 0.330 e. The van der Waals surface area contributed by atoms with E-state index in [9.17, 15) is 8.78 Å². The van der Waals surface area contributed by atoms with Crippen LogP contribution in [0, 0.1) is 17.6 Å². The molecule has 0 unspecified atom stereocenters. The second-order valence-corrected chi connectivity index (χ2v) is 6.97. The maximum atomic E-state index is 13.4. The molecule has 6 heteroatoms. The van der Waals surface area contributed by atoms with Gasteiger partial charge in [0.1, 0.15) is 11.6 Å². The van der Waals surface area contributed by atoms with E-state index < -0.39 is 11.6 Å². The van der Waals surface area contributed by atoms with Crippen LogP contribution >= 0.6 is 12.6 Å². The van der Waals surface area contributed by atoms with E-state index in [-0.39, 0.29) is 5.56 Å². The number of nitrogens with two attached hydrogens (primary N) is 2. The fourth-order valence-electron chi connectivity index (χ4n) is 3.03. The van der Waals surface area contributed by atoms with Gasteiger partial charge in [0.15, 0.2) is 0 Å². The van der Waals surface area contributed by atoms with E-state index in [4.69, 9.17) is 11.5 Å². The molecule has 0 amide bonds. The summed E-state index contributed by atoms with van der Waals surface area (Å²) in [6.45, 7) is 5.08. The van der Waals surface area contributed by atoms with E-state index in [1.807, 2.05) is 0 Å². The van der Waals surface area contributed by atoms with E-state index in [0.717, 1.165) is 30.4 Å². The van der Waals surface area contributed by atoms with Crippen molar-refractivity contribution in [2.24, 2.45) is 17.4 Å². The minimum atomic E-state index is -0.554. The highest BCUT2D eigenvalue weighted by Gasteiger charge is 2.16. The third-order valence-electron chi connectivity index (χ3n) is 4.60. The van der Waals surface area contributed by atoms with Gasteiger partial charge < -0.3 is 16.4 Å². The fraction of sp³-hybridized carbons (Fsp3) is 0.400. The van der Waals surface area contributed by atoms with Crippen LogP contribution in [0.3, 0.4) is 0 Å². The molecule has 1 aliphatic rings. The van der Waals surface area contributed by atoms with Crippen LogP contribution in [0.15, 0.2) is 47.4 Å². The molecule has 0 bridgehead atoms. The molecule has 1 saturated heterocycles. The van der Waals surface area contributed by atoms with Gasteiger partial charge in [-0.05, 0) is 68.2 Å². The monoisotopic (exact) mass is 379 g/mol. The van der Waals surface area contributed by atoms with Crippen LogP contribution in [-0.2, 0) is 0 Å². The lowest BCUT2D eigenvalue weighted by Gasteiger charge is -2.30. The van der Waals surface area contributed by atoms with Crippen LogP contribution in [0.5, 0.6) is 0 Å². The van der Waals surface area contributed by atoms with Crippen molar-refractivity contribution < 1.29 is 8.78 Å². The minimum Gasteiger partial charge on any atom is -0.330 e. The first-order valence-electron chi connectivity index (χ1n) is 8.91. The molecular formula is C20H27F2N3S. The molecule has 0 spiro atoms. The Bertz CT molecular complexity index is 651. The first-order valence-corrected chi connectivity index (χ1v) is 9.35. The molecule has 4 N–H and O–H groups in total. The van der Waals surface area contributed by atoms with Crippen molar-refractivity contribution in [2.45, 2.75) is 17.7 Å². The molecule has 1 fully saturated rings. The number of piperidine rings is 1. The second-order valence-electron chi connectivity index (χ2n) is 6.45. The predicted molar refractivity (Wildman–Crippen MR) is 106 cm³/mol. The molecule has 1 aliphatic heterocycles. The van der Waals surface area contributed by atoms with Crippen LogP contribution in [-0.4, -0.2) is 37.6 Å². The number of halogens is 2. The molecule has 2 aromatic carbocycles. The minimum absolute atomic E-state index is 0.00540. The summed E-state index contributed by atoms with van der Waals surface area (Å²) in [7, 11) is 0. The van der Waals surface area contributed by atoms with Gasteiger partial charge in [-0.3, -0.25) is 0 Å². The van der Waals surface area contributed by atoms with Gasteiger partial charge in [0.2, 0.25) is 0 Å². The lowest BCUT2D eigenvalue weighted by molar-refractivity contribution is 0.192. The van der Waals surface area contributed by atoms with Gasteiger partial charge >= 0.3 is 0 Å². The summed E-state index contributed by atoms with van der Waals surface area (Å²) in [5.41, 5.74) is 11.6. The van der Waals surface area contributed by atoms with Gasteiger partial charge in [-0.1, -0.05) is 18.2 Å². The standard InChI is InChI=1S/C12H8F2S.C8H19N3/c13-10-2-1-3-11(14)12(10)8-4-6-9(15)7-5-8;9-3-6-11-4-1-8(7-10)2-5-11/h1-7,15H;8H,1-7,9-10H2. The summed E-state index contributed by atoms with van der Waals surface area (Å²) in [6, 6.07) is 10.5. The molecule has 0 radical (unpaired) electrons. The Morgan fingerprint density at radius 1 is 0.962 bits per heavy atom. The normalized spacial score (nSPS) is 15.4. The Hall–Kier alpha value is -1.47. The van der Waals surface area contributed by atoms with Crippen LogP contribution < -0.4 is 11.5 Å². The van der Waals surface area contributed by atoms with Crippen molar-refractivity contribution >= 4 is 12.6 Å². The van der Waals surface area contributed by atoms with Crippen LogP contribution in [0.4, 0.5) is 8.78 Å². The van der Waals surface area contributed by atoms with Gasteiger partial charge in [-0.2, -0.15) is 0 Å². The number of rotatable bonds is 4. The van der Waals surface area contributed by atoms with Crippen LogP contribution in [0.2, 0.25) is 0 Å². The molecule has 2 aromatic rings. The first-order chi connectivity index (χ1) is 12.5. The molecular weight excluding hydrogens is 352 g/mol. The zero-order valence-corrected chi connectivity index (χ0v) is 15.8. The van der Waals surface area contributed by atoms with Crippen molar-refractivity contribution in [1.29, 1.82) is 0 Å². The van der Waals surface area contributed by atoms with Crippen molar-refractivity contribution in [1.82, 2.24) is 4.90 Å². The topological polar surface area (TPSA) is 55.3 Å². The molecule has 0 aromatic heterocycles. The summed E-state index contributed by atoms with van der Waals surface area (Å²) in [4.78, 5) is 3.18. The number of thiol groups is 1. The Kier molecular flexibility index (Phi) is 8.51. The maximum Gasteiger partial charge on any atom is 0.133 e. The van der Waals surface area contributed by atoms with Crippen molar-refractivity contribution in [3.8, 4) is 11.1 Å². The Labute approximate surface area is 159 Å². The van der Waals surface area contributed by atoms with E-state index in [1.54, 1.807) is 24.3 Å². The number of hydrogen-bond acceptors (Lipinski definition) is 4. The quantitative estimate of drug-likeness (QED) is 0.712. The fourth-order valence-corrected chi connectivity index (χ4v) is 3.18. The number of hydrogen-bond donors (Lipinski definition) is 3. The summed E-state index contributed by atoms with van der Waals surface area (Å²) in [5, 5.41) is 0. The SMILES string of the molecule is Fc1cccc(F)c1-c1ccc(S)cc1.NCCN1CCC(CN)CC1. The highest BCUT2D eigenvalue weighted by molar-refractivity contribution is 7.80. The van der Waals surface area contributed by atoms with Gasteiger partial charge in [-0.15, -0.1) is 12.6 Å². The second kappa shape index (κ2) is 10.6. The van der Waals surface area contributed by atoms with E-state index in [0.29, 0.717) is 5.56 Å². The number of benzene rings is 2. The van der Waals surface area contributed by atoms with Gasteiger partial charge in [0.25, 0.3) is 0 Å². The molecule has 26 heavy (non-hydrogen) atoms. The summed E-state index contributed by atoms with van der Waals surface area (Å²) < 4.78 is 26.8. The lowest BCUT2D eigenvalue weighted by Crippen LogP contribution is -2.38. The van der Waals surface area contributed by atoms with Crippen LogP contribution in [0.25, 0.3) is 11.1 Å². The number of likely N-dealkylation sites (tertiary alicyclic amines) is 1. The van der Waals surface area contributed by atoms with Crippen molar-refractivity contribution in [2.75, 3.05) is 32.7 Å². The van der Waals surface area contributed by atoms with E-state index >= 15 is 0 Å². The molecule has 0 atom stereocenters. The summed E-state index contributed by atoms with van der Waals surface area (Å²) >= 11 is 4.11. The average Bonchev–Trinajstić information content (AvgIpc) is 2.65. The first kappa shape index (κ1) is 20.8. The van der Waals surface area contributed by atoms with Gasteiger partial charge in [-0.25, -0.2) is 8.78 Å². The van der Waals surface area contributed by atoms with Gasteiger partial charge in [0, 0.05) is 18.0 Å². The molecule has 3 nitrogen and oxygen atoms in total. The molecule has 0 aliphatic carbocycles. The highest BCUT2D eigenvalue weighted by atomic mass is 32.1. The summed E-state index contributed by atoms with van der Waals surface area (Å²) in [6.07, 6.45) is 2.52.